The summed E-state index contributed by atoms with van der Waals surface area (Å²) < 4.78 is 24.5. The van der Waals surface area contributed by atoms with E-state index >= 15 is 0 Å². The number of benzene rings is 1. The zero-order chi connectivity index (χ0) is 18.0. The summed E-state index contributed by atoms with van der Waals surface area (Å²) in [5.74, 6) is 0.0137. The maximum Gasteiger partial charge on any atom is 0.180 e. The highest BCUT2D eigenvalue weighted by atomic mass is 32.2. The van der Waals surface area contributed by atoms with Crippen molar-refractivity contribution in [2.45, 2.75) is 25.7 Å². The van der Waals surface area contributed by atoms with Crippen molar-refractivity contribution < 1.29 is 8.42 Å². The van der Waals surface area contributed by atoms with Gasteiger partial charge in [-0.05, 0) is 38.1 Å². The van der Waals surface area contributed by atoms with Crippen molar-refractivity contribution in [2.24, 2.45) is 0 Å². The fraction of sp³-hybridized carbons (Fsp3) is 0.211. The average Bonchev–Trinajstić information content (AvgIpc) is 2.61. The average molecular weight is 353 g/mol. The van der Waals surface area contributed by atoms with Crippen LogP contribution in [0.5, 0.6) is 0 Å². The number of aromatic nitrogens is 3. The van der Waals surface area contributed by atoms with Gasteiger partial charge in [-0.2, -0.15) is 0 Å². The molecule has 6 heteroatoms. The number of nitrogens with zero attached hydrogens (tertiary/aromatic N) is 3. The number of pyridine rings is 1. The molecule has 3 rings (SSSR count). The monoisotopic (exact) mass is 353 g/mol. The number of aryl methyl sites for hydroxylation is 2. The minimum Gasteiger partial charge on any atom is -0.253 e. The number of hydrogen-bond donors (Lipinski definition) is 0. The third-order valence-electron chi connectivity index (χ3n) is 3.90. The molecule has 25 heavy (non-hydrogen) atoms. The topological polar surface area (TPSA) is 72.8 Å². The van der Waals surface area contributed by atoms with Gasteiger partial charge in [0.2, 0.25) is 0 Å². The van der Waals surface area contributed by atoms with Gasteiger partial charge in [-0.25, -0.2) is 8.42 Å². The molecule has 0 radical (unpaired) electrons. The van der Waals surface area contributed by atoms with Gasteiger partial charge >= 0.3 is 0 Å². The fourth-order valence-electron chi connectivity index (χ4n) is 2.71. The lowest BCUT2D eigenvalue weighted by molar-refractivity contribution is 0.597. The van der Waals surface area contributed by atoms with E-state index in [9.17, 15) is 8.42 Å². The summed E-state index contributed by atoms with van der Waals surface area (Å²) in [6.45, 7) is 5.68. The van der Waals surface area contributed by atoms with E-state index in [4.69, 9.17) is 0 Å². The van der Waals surface area contributed by atoms with E-state index in [1.165, 1.54) is 0 Å². The van der Waals surface area contributed by atoms with Crippen LogP contribution in [0.15, 0.2) is 53.8 Å². The van der Waals surface area contributed by atoms with Crippen molar-refractivity contribution in [3.8, 4) is 22.6 Å². The van der Waals surface area contributed by atoms with Crippen molar-refractivity contribution in [3.63, 3.8) is 0 Å². The summed E-state index contributed by atoms with van der Waals surface area (Å²) in [4.78, 5) is 13.3. The van der Waals surface area contributed by atoms with Crippen molar-refractivity contribution in [1.82, 2.24) is 15.0 Å². The maximum atomic E-state index is 12.3. The first-order chi connectivity index (χ1) is 11.9. The Hall–Kier alpha value is -2.60. The Balaban J connectivity index is 2.05. The second-order valence-electron chi connectivity index (χ2n) is 5.92. The molecular formula is C19H19N3O2S. The van der Waals surface area contributed by atoms with Gasteiger partial charge in [-0.3, -0.25) is 15.0 Å². The smallest absolute Gasteiger partial charge is 0.180 e. The summed E-state index contributed by atoms with van der Waals surface area (Å²) >= 11 is 0. The Morgan fingerprint density at radius 2 is 1.56 bits per heavy atom. The Morgan fingerprint density at radius 1 is 0.920 bits per heavy atom. The molecule has 3 aromatic rings. The van der Waals surface area contributed by atoms with Crippen LogP contribution in [0, 0.1) is 13.8 Å². The molecule has 0 aliphatic rings. The summed E-state index contributed by atoms with van der Waals surface area (Å²) in [6, 6.07) is 9.36. The van der Waals surface area contributed by atoms with Crippen molar-refractivity contribution in [2.75, 3.05) is 5.75 Å². The molecule has 2 aromatic heterocycles. The van der Waals surface area contributed by atoms with E-state index in [2.05, 4.69) is 21.0 Å². The third-order valence-corrected chi connectivity index (χ3v) is 5.66. The van der Waals surface area contributed by atoms with E-state index in [1.807, 2.05) is 26.0 Å². The minimum absolute atomic E-state index is 0.0137. The molecule has 0 saturated heterocycles. The van der Waals surface area contributed by atoms with Crippen LogP contribution in [0.4, 0.5) is 0 Å². The first kappa shape index (κ1) is 17.2. The lowest BCUT2D eigenvalue weighted by atomic mass is 10.1. The lowest BCUT2D eigenvalue weighted by Gasteiger charge is -2.08. The predicted molar refractivity (Wildman–Crippen MR) is 97.9 cm³/mol. The van der Waals surface area contributed by atoms with Crippen molar-refractivity contribution in [3.05, 3.63) is 60.0 Å². The molecule has 0 saturated carbocycles. The van der Waals surface area contributed by atoms with Gasteiger partial charge in [0.1, 0.15) is 11.4 Å². The molecule has 0 amide bonds. The van der Waals surface area contributed by atoms with Crippen LogP contribution in [0.1, 0.15) is 18.1 Å². The van der Waals surface area contributed by atoms with Gasteiger partial charge in [0.05, 0.1) is 28.7 Å². The van der Waals surface area contributed by atoms with Gasteiger partial charge in [0.25, 0.3) is 0 Å². The standard InChI is InChI=1S/C19H19N3O2S/c1-4-25(23,24)18-6-5-7-20-19(18)17-12-21-16(11-22-17)15-9-13(2)8-14(3)10-15/h5-12H,4H2,1-3H3. The van der Waals surface area contributed by atoms with E-state index in [1.54, 1.807) is 37.6 Å². The Bertz CT molecular complexity index is 993. The molecule has 1 aromatic carbocycles. The summed E-state index contributed by atoms with van der Waals surface area (Å²) in [6.07, 6.45) is 4.79. The van der Waals surface area contributed by atoms with Gasteiger partial charge < -0.3 is 0 Å². The molecule has 0 spiro atoms. The van der Waals surface area contributed by atoms with Gasteiger partial charge in [-0.1, -0.05) is 24.1 Å². The van der Waals surface area contributed by atoms with E-state index in [0.29, 0.717) is 11.4 Å². The first-order valence-corrected chi connectivity index (χ1v) is 9.65. The Morgan fingerprint density at radius 3 is 2.16 bits per heavy atom. The van der Waals surface area contributed by atoms with Crippen molar-refractivity contribution >= 4 is 9.84 Å². The minimum atomic E-state index is -3.38. The highest BCUT2D eigenvalue weighted by molar-refractivity contribution is 7.91. The highest BCUT2D eigenvalue weighted by Gasteiger charge is 2.19. The van der Waals surface area contributed by atoms with Crippen LogP contribution in [0.2, 0.25) is 0 Å². The highest BCUT2D eigenvalue weighted by Crippen LogP contribution is 2.25. The van der Waals surface area contributed by atoms with Gasteiger partial charge in [0, 0.05) is 11.8 Å². The van der Waals surface area contributed by atoms with Crippen LogP contribution in [-0.4, -0.2) is 29.1 Å². The molecule has 128 valence electrons. The van der Waals surface area contributed by atoms with Gasteiger partial charge in [0.15, 0.2) is 9.84 Å². The second-order valence-corrected chi connectivity index (χ2v) is 8.16. The molecule has 0 N–H and O–H groups in total. The molecule has 2 heterocycles. The molecule has 0 aliphatic heterocycles. The number of rotatable bonds is 4. The van der Waals surface area contributed by atoms with Crippen LogP contribution in [-0.2, 0) is 9.84 Å². The zero-order valence-electron chi connectivity index (χ0n) is 14.4. The number of hydrogen-bond acceptors (Lipinski definition) is 5. The largest absolute Gasteiger partial charge is 0.253 e. The quantitative estimate of drug-likeness (QED) is 0.716. The number of sulfone groups is 1. The van der Waals surface area contributed by atoms with E-state index < -0.39 is 9.84 Å². The molecule has 0 bridgehead atoms. The molecule has 0 atom stereocenters. The first-order valence-electron chi connectivity index (χ1n) is 7.99. The molecule has 5 nitrogen and oxygen atoms in total. The van der Waals surface area contributed by atoms with Gasteiger partial charge in [-0.15, -0.1) is 0 Å². The Kier molecular flexibility index (Phi) is 4.63. The summed E-state index contributed by atoms with van der Waals surface area (Å²) in [5.41, 5.74) is 4.82. The van der Waals surface area contributed by atoms with Crippen LogP contribution >= 0.6 is 0 Å². The molecular weight excluding hydrogens is 334 g/mol. The fourth-order valence-corrected chi connectivity index (χ4v) is 3.76. The normalized spacial score (nSPS) is 11.5. The predicted octanol–water partition coefficient (Wildman–Crippen LogP) is 3.62. The second kappa shape index (κ2) is 6.72. The Labute approximate surface area is 147 Å². The molecule has 0 fully saturated rings. The summed E-state index contributed by atoms with van der Waals surface area (Å²) in [7, 11) is -3.38. The molecule has 0 aliphatic carbocycles. The lowest BCUT2D eigenvalue weighted by Crippen LogP contribution is -2.07. The third kappa shape index (κ3) is 3.58. The van der Waals surface area contributed by atoms with E-state index in [-0.39, 0.29) is 10.6 Å². The molecule has 0 unspecified atom stereocenters. The zero-order valence-corrected chi connectivity index (χ0v) is 15.2. The van der Waals surface area contributed by atoms with Crippen LogP contribution < -0.4 is 0 Å². The maximum absolute atomic E-state index is 12.3. The van der Waals surface area contributed by atoms with Crippen LogP contribution in [0.3, 0.4) is 0 Å². The SMILES string of the molecule is CCS(=O)(=O)c1cccnc1-c1cnc(-c2cc(C)cc(C)c2)cn1. The summed E-state index contributed by atoms with van der Waals surface area (Å²) in [5, 5.41) is 0. The van der Waals surface area contributed by atoms with Crippen LogP contribution in [0.25, 0.3) is 22.6 Å². The van der Waals surface area contributed by atoms with E-state index in [0.717, 1.165) is 22.4 Å². The van der Waals surface area contributed by atoms with Crippen molar-refractivity contribution in [1.29, 1.82) is 0 Å².